The van der Waals surface area contributed by atoms with E-state index in [2.05, 4.69) is 10.4 Å². The monoisotopic (exact) mass is 296 g/mol. The van der Waals surface area contributed by atoms with E-state index in [1.165, 1.54) is 5.56 Å². The summed E-state index contributed by atoms with van der Waals surface area (Å²) in [6.07, 6.45) is 0. The lowest BCUT2D eigenvalue weighted by Crippen LogP contribution is -2.19. The highest BCUT2D eigenvalue weighted by molar-refractivity contribution is 6.37. The molecular formula is C13H14Cl2N4. The zero-order chi connectivity index (χ0) is 13.8. The fourth-order valence-corrected chi connectivity index (χ4v) is 2.32. The van der Waals surface area contributed by atoms with Crippen molar-refractivity contribution in [1.29, 1.82) is 0 Å². The molecule has 4 nitrogen and oxygen atoms in total. The predicted octanol–water partition coefficient (Wildman–Crippen LogP) is 3.31. The van der Waals surface area contributed by atoms with Crippen LogP contribution in [0.2, 0.25) is 10.0 Å². The van der Waals surface area contributed by atoms with Crippen LogP contribution in [0.3, 0.4) is 0 Å². The maximum Gasteiger partial charge on any atom is 0.161 e. The summed E-state index contributed by atoms with van der Waals surface area (Å²) in [7, 11) is 1.91. The zero-order valence-electron chi connectivity index (χ0n) is 10.4. The molecule has 0 aliphatic carbocycles. The van der Waals surface area contributed by atoms with E-state index in [0.717, 1.165) is 0 Å². The van der Waals surface area contributed by atoms with E-state index < -0.39 is 0 Å². The Labute approximate surface area is 122 Å². The summed E-state index contributed by atoms with van der Waals surface area (Å²) < 4.78 is 0. The zero-order valence-corrected chi connectivity index (χ0v) is 11.9. The molecule has 1 aromatic heterocycles. The molecule has 0 bridgehead atoms. The third-order valence-corrected chi connectivity index (χ3v) is 3.24. The van der Waals surface area contributed by atoms with Crippen molar-refractivity contribution in [1.82, 2.24) is 4.98 Å². The molecule has 0 atom stereocenters. The number of hydrogen-bond donors (Lipinski definition) is 2. The molecule has 19 heavy (non-hydrogen) atoms. The highest BCUT2D eigenvalue weighted by atomic mass is 35.5. The number of anilines is 2. The first-order valence-corrected chi connectivity index (χ1v) is 6.45. The van der Waals surface area contributed by atoms with Gasteiger partial charge in [0.25, 0.3) is 0 Å². The van der Waals surface area contributed by atoms with Gasteiger partial charge in [-0.3, -0.25) is 0 Å². The van der Waals surface area contributed by atoms with Gasteiger partial charge in [-0.25, -0.2) is 10.8 Å². The Kier molecular flexibility index (Phi) is 4.47. The van der Waals surface area contributed by atoms with Gasteiger partial charge in [0, 0.05) is 13.6 Å². The van der Waals surface area contributed by atoms with Crippen molar-refractivity contribution < 1.29 is 0 Å². The number of hydrogen-bond acceptors (Lipinski definition) is 4. The molecular weight excluding hydrogens is 283 g/mol. The number of nitrogens with zero attached hydrogens (tertiary/aromatic N) is 2. The van der Waals surface area contributed by atoms with Crippen LogP contribution in [0.4, 0.5) is 11.6 Å². The van der Waals surface area contributed by atoms with E-state index in [0.29, 0.717) is 28.2 Å². The fourth-order valence-electron chi connectivity index (χ4n) is 1.76. The molecule has 2 aromatic rings. The number of halogens is 2. The summed E-state index contributed by atoms with van der Waals surface area (Å²) in [6, 6.07) is 11.7. The molecule has 0 spiro atoms. The first kappa shape index (κ1) is 13.9. The standard InChI is InChI=1S/C13H14Cl2N4/c1-19(8-9-5-3-2-4-6-9)13-11(15)7-10(14)12(17-13)18-16/h2-7H,8,16H2,1H3,(H,17,18). The minimum absolute atomic E-state index is 0.393. The quantitative estimate of drug-likeness (QED) is 0.671. The molecule has 0 aliphatic rings. The van der Waals surface area contributed by atoms with E-state index >= 15 is 0 Å². The average molecular weight is 297 g/mol. The number of pyridine rings is 1. The number of benzene rings is 1. The Balaban J connectivity index is 2.26. The van der Waals surface area contributed by atoms with Crippen molar-refractivity contribution in [2.45, 2.75) is 6.54 Å². The van der Waals surface area contributed by atoms with Gasteiger partial charge < -0.3 is 10.3 Å². The molecule has 0 amide bonds. The van der Waals surface area contributed by atoms with Crippen molar-refractivity contribution in [2.24, 2.45) is 5.84 Å². The summed E-state index contributed by atoms with van der Waals surface area (Å²) in [5.41, 5.74) is 3.62. The molecule has 0 fully saturated rings. The highest BCUT2D eigenvalue weighted by Gasteiger charge is 2.12. The van der Waals surface area contributed by atoms with Crippen LogP contribution >= 0.6 is 23.2 Å². The van der Waals surface area contributed by atoms with Crippen molar-refractivity contribution in [3.63, 3.8) is 0 Å². The van der Waals surface area contributed by atoms with Gasteiger partial charge in [-0.2, -0.15) is 0 Å². The second kappa shape index (κ2) is 6.10. The second-order valence-electron chi connectivity index (χ2n) is 4.11. The second-order valence-corrected chi connectivity index (χ2v) is 4.92. The smallest absolute Gasteiger partial charge is 0.161 e. The number of nitrogen functional groups attached to an aromatic ring is 1. The van der Waals surface area contributed by atoms with Gasteiger partial charge in [0.15, 0.2) is 5.82 Å². The first-order chi connectivity index (χ1) is 9.11. The molecule has 0 saturated heterocycles. The van der Waals surface area contributed by atoms with E-state index in [4.69, 9.17) is 29.0 Å². The van der Waals surface area contributed by atoms with E-state index in [-0.39, 0.29) is 0 Å². The van der Waals surface area contributed by atoms with Gasteiger partial charge >= 0.3 is 0 Å². The number of nitrogens with two attached hydrogens (primary N) is 1. The van der Waals surface area contributed by atoms with Crippen molar-refractivity contribution >= 4 is 34.8 Å². The van der Waals surface area contributed by atoms with Gasteiger partial charge in [-0.15, -0.1) is 0 Å². The molecule has 100 valence electrons. The molecule has 2 rings (SSSR count). The summed E-state index contributed by atoms with van der Waals surface area (Å²) in [4.78, 5) is 6.25. The Bertz CT molecular complexity index is 560. The Morgan fingerprint density at radius 1 is 1.21 bits per heavy atom. The SMILES string of the molecule is CN(Cc1ccccc1)c1nc(NN)c(Cl)cc1Cl. The van der Waals surface area contributed by atoms with Gasteiger partial charge in [0.2, 0.25) is 0 Å². The first-order valence-electron chi connectivity index (χ1n) is 5.69. The van der Waals surface area contributed by atoms with Crippen LogP contribution < -0.4 is 16.2 Å². The largest absolute Gasteiger partial charge is 0.354 e. The van der Waals surface area contributed by atoms with E-state index in [9.17, 15) is 0 Å². The third kappa shape index (κ3) is 3.29. The van der Waals surface area contributed by atoms with E-state index in [1.807, 2.05) is 42.3 Å². The Morgan fingerprint density at radius 2 is 1.89 bits per heavy atom. The maximum atomic E-state index is 6.16. The predicted molar refractivity (Wildman–Crippen MR) is 80.6 cm³/mol. The number of rotatable bonds is 4. The molecule has 0 aliphatic heterocycles. The number of nitrogens with one attached hydrogen (secondary N) is 1. The lowest BCUT2D eigenvalue weighted by atomic mass is 10.2. The Hall–Kier alpha value is -1.49. The lowest BCUT2D eigenvalue weighted by Gasteiger charge is -2.20. The van der Waals surface area contributed by atoms with Crippen LogP contribution in [-0.4, -0.2) is 12.0 Å². The summed E-state index contributed by atoms with van der Waals surface area (Å²) in [6.45, 7) is 0.694. The summed E-state index contributed by atoms with van der Waals surface area (Å²) in [5.74, 6) is 6.40. The van der Waals surface area contributed by atoms with E-state index in [1.54, 1.807) is 6.07 Å². The van der Waals surface area contributed by atoms with Crippen LogP contribution in [0.15, 0.2) is 36.4 Å². The molecule has 1 aromatic carbocycles. The number of aromatic nitrogens is 1. The summed E-state index contributed by atoms with van der Waals surface area (Å²) in [5, 5.41) is 0.881. The van der Waals surface area contributed by atoms with Crippen LogP contribution in [0.25, 0.3) is 0 Å². The van der Waals surface area contributed by atoms with Crippen LogP contribution in [0.5, 0.6) is 0 Å². The average Bonchev–Trinajstić information content (AvgIpc) is 2.40. The topological polar surface area (TPSA) is 54.2 Å². The van der Waals surface area contributed by atoms with Gasteiger partial charge in [-0.05, 0) is 11.6 Å². The van der Waals surface area contributed by atoms with Crippen molar-refractivity contribution in [3.8, 4) is 0 Å². The lowest BCUT2D eigenvalue weighted by molar-refractivity contribution is 0.898. The van der Waals surface area contributed by atoms with Crippen molar-refractivity contribution in [2.75, 3.05) is 17.4 Å². The van der Waals surface area contributed by atoms with Crippen LogP contribution in [0, 0.1) is 0 Å². The molecule has 0 radical (unpaired) electrons. The van der Waals surface area contributed by atoms with Gasteiger partial charge in [0.05, 0.1) is 10.0 Å². The molecule has 3 N–H and O–H groups in total. The fraction of sp³-hybridized carbons (Fsp3) is 0.154. The minimum atomic E-state index is 0.393. The Morgan fingerprint density at radius 3 is 2.53 bits per heavy atom. The summed E-state index contributed by atoms with van der Waals surface area (Å²) >= 11 is 12.1. The maximum absolute atomic E-state index is 6.16. The molecule has 6 heteroatoms. The minimum Gasteiger partial charge on any atom is -0.354 e. The number of hydrazine groups is 1. The highest BCUT2D eigenvalue weighted by Crippen LogP contribution is 2.31. The molecule has 0 unspecified atom stereocenters. The van der Waals surface area contributed by atoms with Gasteiger partial charge in [0.1, 0.15) is 5.82 Å². The normalized spacial score (nSPS) is 10.3. The van der Waals surface area contributed by atoms with Crippen LogP contribution in [-0.2, 0) is 6.54 Å². The van der Waals surface area contributed by atoms with Crippen LogP contribution in [0.1, 0.15) is 5.56 Å². The molecule has 0 saturated carbocycles. The van der Waals surface area contributed by atoms with Crippen molar-refractivity contribution in [3.05, 3.63) is 52.0 Å². The molecule has 1 heterocycles. The van der Waals surface area contributed by atoms with Gasteiger partial charge in [-0.1, -0.05) is 53.5 Å². The third-order valence-electron chi connectivity index (χ3n) is 2.67.